The highest BCUT2D eigenvalue weighted by Crippen LogP contribution is 2.17. The second-order valence-electron chi connectivity index (χ2n) is 4.17. The SMILES string of the molecule is CCc1cccnc1C(N)Cc1nccn1C. The third kappa shape index (κ3) is 2.53. The minimum Gasteiger partial charge on any atom is -0.338 e. The molecule has 4 heteroatoms. The predicted molar refractivity (Wildman–Crippen MR) is 67.5 cm³/mol. The molecular weight excluding hydrogens is 212 g/mol. The molecule has 0 aliphatic rings. The molecule has 2 rings (SSSR count). The Morgan fingerprint density at radius 2 is 2.18 bits per heavy atom. The van der Waals surface area contributed by atoms with E-state index in [1.807, 2.05) is 23.9 Å². The molecule has 1 atom stereocenters. The zero-order valence-electron chi connectivity index (χ0n) is 10.3. The number of aryl methyl sites for hydroxylation is 2. The number of nitrogens with zero attached hydrogens (tertiary/aromatic N) is 3. The van der Waals surface area contributed by atoms with Gasteiger partial charge >= 0.3 is 0 Å². The van der Waals surface area contributed by atoms with E-state index in [1.165, 1.54) is 5.56 Å². The molecule has 0 fully saturated rings. The minimum atomic E-state index is -0.0905. The van der Waals surface area contributed by atoms with Gasteiger partial charge in [0.05, 0.1) is 11.7 Å². The van der Waals surface area contributed by atoms with Crippen molar-refractivity contribution >= 4 is 0 Å². The Bertz CT molecular complexity index is 490. The van der Waals surface area contributed by atoms with Crippen molar-refractivity contribution in [2.24, 2.45) is 12.8 Å². The fourth-order valence-corrected chi connectivity index (χ4v) is 1.97. The standard InChI is InChI=1S/C13H18N4/c1-3-10-5-4-6-16-13(10)11(14)9-12-15-7-8-17(12)2/h4-8,11H,3,9,14H2,1-2H3. The van der Waals surface area contributed by atoms with E-state index < -0.39 is 0 Å². The largest absolute Gasteiger partial charge is 0.338 e. The average Bonchev–Trinajstić information content (AvgIpc) is 2.75. The van der Waals surface area contributed by atoms with Crippen molar-refractivity contribution in [3.8, 4) is 0 Å². The summed E-state index contributed by atoms with van der Waals surface area (Å²) in [6.45, 7) is 2.12. The first-order valence-electron chi connectivity index (χ1n) is 5.88. The normalized spacial score (nSPS) is 12.6. The van der Waals surface area contributed by atoms with E-state index in [4.69, 9.17) is 5.73 Å². The van der Waals surface area contributed by atoms with Gasteiger partial charge in [0.2, 0.25) is 0 Å². The van der Waals surface area contributed by atoms with Gasteiger partial charge in [-0.05, 0) is 18.1 Å². The summed E-state index contributed by atoms with van der Waals surface area (Å²) in [4.78, 5) is 8.69. The molecule has 90 valence electrons. The molecule has 17 heavy (non-hydrogen) atoms. The maximum absolute atomic E-state index is 6.22. The summed E-state index contributed by atoms with van der Waals surface area (Å²) in [6.07, 6.45) is 7.19. The van der Waals surface area contributed by atoms with E-state index >= 15 is 0 Å². The van der Waals surface area contributed by atoms with Crippen molar-refractivity contribution in [2.45, 2.75) is 25.8 Å². The van der Waals surface area contributed by atoms with Gasteiger partial charge in [0.15, 0.2) is 0 Å². The summed E-state index contributed by atoms with van der Waals surface area (Å²) in [6, 6.07) is 3.95. The molecule has 0 aromatic carbocycles. The van der Waals surface area contributed by atoms with E-state index in [1.54, 1.807) is 12.4 Å². The second kappa shape index (κ2) is 5.10. The Morgan fingerprint density at radius 1 is 1.35 bits per heavy atom. The fourth-order valence-electron chi connectivity index (χ4n) is 1.97. The van der Waals surface area contributed by atoms with Crippen LogP contribution in [0.15, 0.2) is 30.7 Å². The van der Waals surface area contributed by atoms with Crippen LogP contribution in [0.2, 0.25) is 0 Å². The zero-order chi connectivity index (χ0) is 12.3. The van der Waals surface area contributed by atoms with E-state index in [0.717, 1.165) is 17.9 Å². The Morgan fingerprint density at radius 3 is 2.82 bits per heavy atom. The molecule has 0 aliphatic carbocycles. The highest BCUT2D eigenvalue weighted by atomic mass is 15.0. The molecule has 2 heterocycles. The maximum atomic E-state index is 6.22. The average molecular weight is 230 g/mol. The highest BCUT2D eigenvalue weighted by Gasteiger charge is 2.14. The van der Waals surface area contributed by atoms with Crippen LogP contribution < -0.4 is 5.73 Å². The van der Waals surface area contributed by atoms with Crippen LogP contribution in [0.5, 0.6) is 0 Å². The quantitative estimate of drug-likeness (QED) is 0.868. The van der Waals surface area contributed by atoms with E-state index in [-0.39, 0.29) is 6.04 Å². The summed E-state index contributed by atoms with van der Waals surface area (Å²) >= 11 is 0. The van der Waals surface area contributed by atoms with Crippen LogP contribution in [-0.2, 0) is 19.9 Å². The van der Waals surface area contributed by atoms with Gasteiger partial charge in [0.25, 0.3) is 0 Å². The first-order chi connectivity index (χ1) is 8.22. The predicted octanol–water partition coefficient (Wildman–Crippen LogP) is 1.62. The molecular formula is C13H18N4. The van der Waals surface area contributed by atoms with Crippen molar-refractivity contribution < 1.29 is 0 Å². The zero-order valence-corrected chi connectivity index (χ0v) is 10.3. The third-order valence-electron chi connectivity index (χ3n) is 2.98. The van der Waals surface area contributed by atoms with Crippen molar-refractivity contribution in [3.63, 3.8) is 0 Å². The van der Waals surface area contributed by atoms with Crippen molar-refractivity contribution in [1.29, 1.82) is 0 Å². The first-order valence-corrected chi connectivity index (χ1v) is 5.88. The van der Waals surface area contributed by atoms with Crippen LogP contribution in [0.4, 0.5) is 0 Å². The molecule has 0 saturated carbocycles. The molecule has 2 aromatic rings. The lowest BCUT2D eigenvalue weighted by Crippen LogP contribution is -2.18. The summed E-state index contributed by atoms with van der Waals surface area (Å²) in [7, 11) is 1.98. The van der Waals surface area contributed by atoms with Gasteiger partial charge in [-0.2, -0.15) is 0 Å². The molecule has 1 unspecified atom stereocenters. The molecule has 2 aromatic heterocycles. The van der Waals surface area contributed by atoms with Gasteiger partial charge in [-0.15, -0.1) is 0 Å². The molecule has 2 N–H and O–H groups in total. The van der Waals surface area contributed by atoms with Crippen LogP contribution in [0.25, 0.3) is 0 Å². The summed E-state index contributed by atoms with van der Waals surface area (Å²) in [5.74, 6) is 0.991. The molecule has 0 bridgehead atoms. The second-order valence-corrected chi connectivity index (χ2v) is 4.17. The Balaban J connectivity index is 2.20. The van der Waals surface area contributed by atoms with Crippen LogP contribution >= 0.6 is 0 Å². The topological polar surface area (TPSA) is 56.7 Å². The van der Waals surface area contributed by atoms with Crippen molar-refractivity contribution in [2.75, 3.05) is 0 Å². The summed E-state index contributed by atoms with van der Waals surface area (Å²) in [5.41, 5.74) is 8.42. The van der Waals surface area contributed by atoms with E-state index in [9.17, 15) is 0 Å². The Kier molecular flexibility index (Phi) is 3.54. The molecule has 0 spiro atoms. The lowest BCUT2D eigenvalue weighted by atomic mass is 10.0. The molecule has 0 radical (unpaired) electrons. The smallest absolute Gasteiger partial charge is 0.110 e. The molecule has 0 saturated heterocycles. The molecule has 0 amide bonds. The highest BCUT2D eigenvalue weighted by molar-refractivity contribution is 5.23. The van der Waals surface area contributed by atoms with Gasteiger partial charge in [-0.1, -0.05) is 13.0 Å². The van der Waals surface area contributed by atoms with Crippen LogP contribution in [0.3, 0.4) is 0 Å². The lowest BCUT2D eigenvalue weighted by molar-refractivity contribution is 0.637. The monoisotopic (exact) mass is 230 g/mol. The van der Waals surface area contributed by atoms with Crippen LogP contribution in [0.1, 0.15) is 30.0 Å². The molecule has 0 aliphatic heterocycles. The van der Waals surface area contributed by atoms with E-state index in [0.29, 0.717) is 6.42 Å². The van der Waals surface area contributed by atoms with Gasteiger partial charge in [0, 0.05) is 32.1 Å². The number of hydrogen-bond acceptors (Lipinski definition) is 3. The van der Waals surface area contributed by atoms with Gasteiger partial charge in [-0.25, -0.2) is 4.98 Å². The van der Waals surface area contributed by atoms with Gasteiger partial charge < -0.3 is 10.3 Å². The fraction of sp³-hybridized carbons (Fsp3) is 0.385. The Hall–Kier alpha value is -1.68. The van der Waals surface area contributed by atoms with Crippen molar-refractivity contribution in [3.05, 3.63) is 47.8 Å². The van der Waals surface area contributed by atoms with Gasteiger partial charge in [-0.3, -0.25) is 4.98 Å². The minimum absolute atomic E-state index is 0.0905. The number of nitrogens with two attached hydrogens (primary N) is 1. The van der Waals surface area contributed by atoms with E-state index in [2.05, 4.69) is 23.0 Å². The molecule has 4 nitrogen and oxygen atoms in total. The summed E-state index contributed by atoms with van der Waals surface area (Å²) in [5, 5.41) is 0. The van der Waals surface area contributed by atoms with Crippen LogP contribution in [0, 0.1) is 0 Å². The van der Waals surface area contributed by atoms with Gasteiger partial charge in [0.1, 0.15) is 5.82 Å². The summed E-state index contributed by atoms with van der Waals surface area (Å²) < 4.78 is 1.99. The first kappa shape index (κ1) is 11.8. The lowest BCUT2D eigenvalue weighted by Gasteiger charge is -2.14. The number of pyridine rings is 1. The number of hydrogen-bond donors (Lipinski definition) is 1. The number of rotatable bonds is 4. The van der Waals surface area contributed by atoms with Crippen LogP contribution in [-0.4, -0.2) is 14.5 Å². The van der Waals surface area contributed by atoms with Crippen molar-refractivity contribution in [1.82, 2.24) is 14.5 Å². The Labute approximate surface area is 102 Å². The third-order valence-corrected chi connectivity index (χ3v) is 2.98. The number of aromatic nitrogens is 3. The maximum Gasteiger partial charge on any atom is 0.110 e. The number of imidazole rings is 1.